The number of carbonyl (C=O) groups excluding carboxylic acids is 2. The topological polar surface area (TPSA) is 126 Å². The molecule has 186 valence electrons. The van der Waals surface area contributed by atoms with E-state index in [9.17, 15) is 19.8 Å². The Hall–Kier alpha value is -2.51. The smallest absolute Gasteiger partial charge is 0.872 e. The minimum Gasteiger partial charge on any atom is -0.872 e. The molecule has 0 aliphatic carbocycles. The maximum absolute atomic E-state index is 11.9. The van der Waals surface area contributed by atoms with Crippen LogP contribution in [0.15, 0.2) is 72.8 Å². The third kappa shape index (κ3) is 18.5. The van der Waals surface area contributed by atoms with Crippen LogP contribution in [0, 0.1) is 0 Å². The minimum absolute atomic E-state index is 0. The van der Waals surface area contributed by atoms with Gasteiger partial charge in [0.2, 0.25) is 0 Å². The molecule has 2 rings (SSSR count). The van der Waals surface area contributed by atoms with Crippen molar-refractivity contribution in [2.75, 3.05) is 13.2 Å². The van der Waals surface area contributed by atoms with Crippen LogP contribution in [0.2, 0.25) is 0 Å². The van der Waals surface area contributed by atoms with Crippen LogP contribution in [-0.2, 0) is 31.3 Å². The molecule has 0 aromatic heterocycles. The number of ketones is 2. The quantitative estimate of drug-likeness (QED) is 0.195. The fourth-order valence-electron chi connectivity index (χ4n) is 2.76. The molecular formula is C28H34O6Ti. The van der Waals surface area contributed by atoms with Gasteiger partial charge in [0.05, 0.1) is 0 Å². The summed E-state index contributed by atoms with van der Waals surface area (Å²) >= 11 is 0. The zero-order valence-corrected chi connectivity index (χ0v) is 22.1. The monoisotopic (exact) mass is 514 g/mol. The number of unbranched alkanes of at least 4 members (excludes halogenated alkanes) is 3. The first kappa shape index (κ1) is 34.7. The molecule has 0 saturated carbocycles. The molecule has 0 aliphatic heterocycles. The van der Waals surface area contributed by atoms with E-state index in [1.54, 1.807) is 62.4 Å². The molecule has 0 N–H and O–H groups in total. The minimum atomic E-state index is -0.269. The van der Waals surface area contributed by atoms with Crippen molar-refractivity contribution in [1.82, 2.24) is 0 Å². The molecule has 0 spiro atoms. The normalized spacial score (nSPS) is 10.6. The Bertz CT molecular complexity index is 790. The Balaban J connectivity index is 0. The van der Waals surface area contributed by atoms with Gasteiger partial charge >= 0.3 is 21.7 Å². The van der Waals surface area contributed by atoms with Crippen LogP contribution < -0.4 is 20.4 Å². The summed E-state index contributed by atoms with van der Waals surface area (Å²) in [6.45, 7) is 3.14. The van der Waals surface area contributed by atoms with Crippen molar-refractivity contribution in [1.29, 1.82) is 0 Å². The number of benzene rings is 2. The number of carbonyl (C=O) groups is 2. The predicted molar refractivity (Wildman–Crippen MR) is 128 cm³/mol. The van der Waals surface area contributed by atoms with E-state index >= 15 is 0 Å². The second-order valence-electron chi connectivity index (χ2n) is 7.17. The van der Waals surface area contributed by atoms with Crippen LogP contribution in [-0.4, -0.2) is 24.8 Å². The van der Waals surface area contributed by atoms with Gasteiger partial charge in [0.25, 0.3) is 0 Å². The Morgan fingerprint density at radius 1 is 0.629 bits per heavy atom. The summed E-state index contributed by atoms with van der Waals surface area (Å²) in [6, 6.07) is 17.4. The summed E-state index contributed by atoms with van der Waals surface area (Å²) < 4.78 is 0. The molecule has 0 amide bonds. The first-order valence-electron chi connectivity index (χ1n) is 11.5. The van der Waals surface area contributed by atoms with Crippen LogP contribution in [0.3, 0.4) is 0 Å². The summed E-state index contributed by atoms with van der Waals surface area (Å²) in [5.74, 6) is -0.886. The maximum atomic E-state index is 11.9. The van der Waals surface area contributed by atoms with Crippen molar-refractivity contribution in [2.24, 2.45) is 0 Å². The van der Waals surface area contributed by atoms with Gasteiger partial charge in [-0.3, -0.25) is 9.59 Å². The van der Waals surface area contributed by atoms with Crippen molar-refractivity contribution in [3.05, 3.63) is 83.9 Å². The van der Waals surface area contributed by atoms with E-state index in [1.807, 2.05) is 12.1 Å². The fraction of sp³-hybridized carbons (Fsp3) is 0.357. The van der Waals surface area contributed by atoms with Crippen LogP contribution in [0.25, 0.3) is 11.5 Å². The van der Waals surface area contributed by atoms with Crippen LogP contribution >= 0.6 is 0 Å². The van der Waals surface area contributed by atoms with E-state index in [1.165, 1.54) is 0 Å². The van der Waals surface area contributed by atoms with Gasteiger partial charge in [0.1, 0.15) is 0 Å². The molecular weight excluding hydrogens is 480 g/mol. The fourth-order valence-corrected chi connectivity index (χ4v) is 2.76. The molecule has 7 heteroatoms. The van der Waals surface area contributed by atoms with Crippen molar-refractivity contribution in [2.45, 2.75) is 52.4 Å². The van der Waals surface area contributed by atoms with Crippen molar-refractivity contribution in [3.8, 4) is 0 Å². The van der Waals surface area contributed by atoms with E-state index in [0.717, 1.165) is 25.0 Å². The molecule has 35 heavy (non-hydrogen) atoms. The number of hydrogen-bond acceptors (Lipinski definition) is 6. The molecule has 2 aromatic carbocycles. The summed E-state index contributed by atoms with van der Waals surface area (Å²) in [7, 11) is 0. The number of allylic oxidation sites excluding steroid dienone is 2. The van der Waals surface area contributed by atoms with Gasteiger partial charge in [-0.25, -0.2) is 0 Å². The number of rotatable bonds is 11. The average molecular weight is 514 g/mol. The Labute approximate surface area is 223 Å². The summed E-state index contributed by atoms with van der Waals surface area (Å²) in [5.41, 5.74) is 1.02. The second kappa shape index (κ2) is 23.2. The molecule has 0 bridgehead atoms. The second-order valence-corrected chi connectivity index (χ2v) is 7.17. The van der Waals surface area contributed by atoms with Crippen LogP contribution in [0.4, 0.5) is 0 Å². The Morgan fingerprint density at radius 3 is 1.20 bits per heavy atom. The van der Waals surface area contributed by atoms with E-state index < -0.39 is 0 Å². The third-order valence-electron chi connectivity index (χ3n) is 4.30. The van der Waals surface area contributed by atoms with Crippen LogP contribution in [0.1, 0.15) is 63.5 Å². The Kier molecular flexibility index (Phi) is 23.0. The van der Waals surface area contributed by atoms with Gasteiger partial charge in [-0.05, 0) is 36.1 Å². The Morgan fingerprint density at radius 2 is 0.914 bits per heavy atom. The molecule has 0 unspecified atom stereocenters. The first-order chi connectivity index (χ1) is 16.4. The third-order valence-corrected chi connectivity index (χ3v) is 4.30. The molecule has 0 radical (unpaired) electrons. The van der Waals surface area contributed by atoms with Crippen molar-refractivity contribution >= 4 is 23.1 Å². The zero-order chi connectivity index (χ0) is 25.6. The molecule has 0 atom stereocenters. The average Bonchev–Trinajstić information content (AvgIpc) is 2.83. The predicted octanol–water partition coefficient (Wildman–Crippen LogP) is 2.00. The molecule has 2 aromatic rings. The van der Waals surface area contributed by atoms with Crippen LogP contribution in [0.5, 0.6) is 0 Å². The molecule has 0 fully saturated rings. The van der Waals surface area contributed by atoms with Crippen molar-refractivity contribution in [3.63, 3.8) is 0 Å². The largest absolute Gasteiger partial charge is 4.00 e. The van der Waals surface area contributed by atoms with E-state index in [0.29, 0.717) is 36.8 Å². The van der Waals surface area contributed by atoms with E-state index in [-0.39, 0.29) is 58.0 Å². The maximum Gasteiger partial charge on any atom is 4.00 e. The van der Waals surface area contributed by atoms with Gasteiger partial charge in [-0.2, -0.15) is 0 Å². The SMILES string of the molecule is CC[O-].CC[O-].O=C(/C=C(\[O-])c1ccccc1)CCCCCCC(=O)/C=C(\[O-])c1ccccc1.[Ti+4]. The molecule has 0 heterocycles. The number of hydrogen-bond donors (Lipinski definition) is 0. The van der Waals surface area contributed by atoms with Gasteiger partial charge in [-0.15, -0.1) is 13.2 Å². The van der Waals surface area contributed by atoms with E-state index in [2.05, 4.69) is 0 Å². The zero-order valence-electron chi connectivity index (χ0n) is 20.5. The standard InChI is InChI=1S/C24H26O4.2C2H5O.Ti/c25-21(17-23(27)19-11-5-3-6-12-19)15-9-1-2-10-16-22(26)18-24(28)20-13-7-4-8-14-20;2*1-2-3;/h3-8,11-14,17-18,27-28H,1-2,9-10,15-16H2;2*2H2,1H3;/q;2*-1;+4/p-2/b23-17-,24-18-;;;. The van der Waals surface area contributed by atoms with Crippen molar-refractivity contribution < 1.29 is 51.7 Å². The van der Waals surface area contributed by atoms with Gasteiger partial charge < -0.3 is 20.4 Å². The molecule has 0 aliphatic rings. The summed E-state index contributed by atoms with van der Waals surface area (Å²) in [6.07, 6.45) is 5.93. The van der Waals surface area contributed by atoms with Gasteiger partial charge in [0.15, 0.2) is 11.6 Å². The van der Waals surface area contributed by atoms with Gasteiger partial charge in [-0.1, -0.05) is 98.9 Å². The molecule has 0 saturated heterocycles. The van der Waals surface area contributed by atoms with Gasteiger partial charge in [0, 0.05) is 12.8 Å². The van der Waals surface area contributed by atoms with E-state index in [4.69, 9.17) is 10.2 Å². The summed E-state index contributed by atoms with van der Waals surface area (Å²) in [4.78, 5) is 23.7. The summed E-state index contributed by atoms with van der Waals surface area (Å²) in [5, 5.41) is 41.7. The first-order valence-corrected chi connectivity index (χ1v) is 11.5. The molecule has 6 nitrogen and oxygen atoms in total.